The molecule has 0 atom stereocenters. The molecular weight excluding hydrogens is 280 g/mol. The molecule has 0 amide bonds. The van der Waals surface area contributed by atoms with Crippen molar-refractivity contribution < 1.29 is 8.78 Å². The Balaban J connectivity index is 1.93. The zero-order valence-corrected chi connectivity index (χ0v) is 12.3. The minimum absolute atomic E-state index is 0.449. The van der Waals surface area contributed by atoms with Crippen LogP contribution in [0.5, 0.6) is 0 Å². The highest BCUT2D eigenvalue weighted by molar-refractivity contribution is 7.11. The third kappa shape index (κ3) is 4.31. The van der Waals surface area contributed by atoms with Gasteiger partial charge >= 0.3 is 0 Å². The highest BCUT2D eigenvalue weighted by Gasteiger charge is 2.08. The van der Waals surface area contributed by atoms with Gasteiger partial charge < -0.3 is 5.32 Å². The summed E-state index contributed by atoms with van der Waals surface area (Å²) in [5, 5.41) is 13.3. The Hall–Kier alpha value is -1.40. The van der Waals surface area contributed by atoms with Crippen molar-refractivity contribution in [1.29, 1.82) is 0 Å². The van der Waals surface area contributed by atoms with E-state index in [-0.39, 0.29) is 0 Å². The van der Waals surface area contributed by atoms with Gasteiger partial charge in [-0.25, -0.2) is 8.78 Å². The maximum atomic E-state index is 13.1. The maximum Gasteiger partial charge on any atom is 0.159 e. The molecule has 3 nitrogen and oxygen atoms in total. The smallest absolute Gasteiger partial charge is 0.159 e. The van der Waals surface area contributed by atoms with Crippen LogP contribution in [-0.2, 0) is 12.8 Å². The molecule has 1 aromatic carbocycles. The van der Waals surface area contributed by atoms with E-state index < -0.39 is 11.6 Å². The number of halogens is 2. The number of hydrogen-bond acceptors (Lipinski definition) is 4. The normalized spacial score (nSPS) is 11.2. The van der Waals surface area contributed by atoms with Crippen LogP contribution in [-0.4, -0.2) is 22.8 Å². The molecule has 2 aromatic rings. The van der Waals surface area contributed by atoms with E-state index in [9.17, 15) is 8.78 Å². The number of rotatable bonds is 6. The van der Waals surface area contributed by atoms with Crippen molar-refractivity contribution in [3.8, 4) is 0 Å². The number of nitrogens with zero attached hydrogens (tertiary/aromatic N) is 2. The van der Waals surface area contributed by atoms with E-state index in [1.165, 1.54) is 17.4 Å². The van der Waals surface area contributed by atoms with Crippen molar-refractivity contribution in [2.45, 2.75) is 32.7 Å². The van der Waals surface area contributed by atoms with Crippen LogP contribution in [0.1, 0.15) is 29.4 Å². The molecule has 20 heavy (non-hydrogen) atoms. The Labute approximate surface area is 121 Å². The second-order valence-corrected chi connectivity index (χ2v) is 6.02. The highest BCUT2D eigenvalue weighted by atomic mass is 32.1. The second-order valence-electron chi connectivity index (χ2n) is 4.87. The fraction of sp³-hybridized carbons (Fsp3) is 0.429. The minimum atomic E-state index is -0.827. The molecule has 0 bridgehead atoms. The van der Waals surface area contributed by atoms with E-state index in [2.05, 4.69) is 29.4 Å². The van der Waals surface area contributed by atoms with E-state index in [1.807, 2.05) is 0 Å². The first-order valence-electron chi connectivity index (χ1n) is 6.53. The van der Waals surface area contributed by atoms with Gasteiger partial charge in [0, 0.05) is 25.4 Å². The molecule has 0 aliphatic heterocycles. The highest BCUT2D eigenvalue weighted by Crippen LogP contribution is 2.16. The monoisotopic (exact) mass is 297 g/mol. The summed E-state index contributed by atoms with van der Waals surface area (Å²) in [6.45, 7) is 5.04. The molecule has 108 valence electrons. The zero-order chi connectivity index (χ0) is 14.5. The molecule has 0 unspecified atom stereocenters. The van der Waals surface area contributed by atoms with Crippen molar-refractivity contribution in [3.63, 3.8) is 0 Å². The lowest BCUT2D eigenvalue weighted by Gasteiger charge is -2.05. The molecule has 1 aromatic heterocycles. The molecule has 0 saturated carbocycles. The Bertz CT molecular complexity index is 569. The van der Waals surface area contributed by atoms with Crippen LogP contribution in [0.2, 0.25) is 0 Å². The summed E-state index contributed by atoms with van der Waals surface area (Å²) in [6, 6.07) is 4.36. The Morgan fingerprint density at radius 2 is 1.90 bits per heavy atom. The first kappa shape index (κ1) is 15.0. The van der Waals surface area contributed by atoms with Gasteiger partial charge in [-0.05, 0) is 17.7 Å². The van der Waals surface area contributed by atoms with Crippen molar-refractivity contribution in [2.24, 2.45) is 0 Å². The molecule has 2 rings (SSSR count). The van der Waals surface area contributed by atoms with Gasteiger partial charge in [0.05, 0.1) is 0 Å². The third-order valence-electron chi connectivity index (χ3n) is 2.74. The van der Waals surface area contributed by atoms with Gasteiger partial charge in [0.15, 0.2) is 11.6 Å². The molecule has 0 saturated heterocycles. The lowest BCUT2D eigenvalue weighted by atomic mass is 10.1. The molecule has 0 spiro atoms. The first-order valence-corrected chi connectivity index (χ1v) is 7.35. The third-order valence-corrected chi connectivity index (χ3v) is 3.72. The van der Waals surface area contributed by atoms with Crippen LogP contribution in [0.25, 0.3) is 0 Å². The van der Waals surface area contributed by atoms with Crippen LogP contribution in [0.3, 0.4) is 0 Å². The summed E-state index contributed by atoms with van der Waals surface area (Å²) in [6.07, 6.45) is 1.31. The molecule has 0 aliphatic carbocycles. The zero-order valence-electron chi connectivity index (χ0n) is 11.5. The van der Waals surface area contributed by atoms with Crippen molar-refractivity contribution >= 4 is 11.3 Å². The lowest BCUT2D eigenvalue weighted by molar-refractivity contribution is 0.507. The summed E-state index contributed by atoms with van der Waals surface area (Å²) in [5.41, 5.74) is 0.701. The molecule has 0 fully saturated rings. The van der Waals surface area contributed by atoms with Crippen molar-refractivity contribution in [3.05, 3.63) is 45.4 Å². The average Bonchev–Trinajstić information content (AvgIpc) is 2.81. The number of nitrogens with one attached hydrogen (secondary N) is 1. The first-order chi connectivity index (χ1) is 9.54. The molecule has 1 heterocycles. The predicted molar refractivity (Wildman–Crippen MR) is 75.9 cm³/mol. The summed E-state index contributed by atoms with van der Waals surface area (Å²) in [4.78, 5) is 0. The van der Waals surface area contributed by atoms with Crippen LogP contribution < -0.4 is 5.32 Å². The van der Waals surface area contributed by atoms with Crippen molar-refractivity contribution in [2.75, 3.05) is 6.54 Å². The van der Waals surface area contributed by atoms with Crippen LogP contribution in [0.15, 0.2) is 18.2 Å². The number of hydrogen-bond donors (Lipinski definition) is 1. The van der Waals surface area contributed by atoms with Crippen LogP contribution >= 0.6 is 11.3 Å². The van der Waals surface area contributed by atoms with Crippen LogP contribution in [0, 0.1) is 11.6 Å². The van der Waals surface area contributed by atoms with Gasteiger partial charge in [-0.1, -0.05) is 19.9 Å². The lowest BCUT2D eigenvalue weighted by Crippen LogP contribution is -2.24. The Morgan fingerprint density at radius 3 is 2.60 bits per heavy atom. The van der Waals surface area contributed by atoms with Gasteiger partial charge in [-0.3, -0.25) is 0 Å². The quantitative estimate of drug-likeness (QED) is 0.891. The predicted octanol–water partition coefficient (Wildman–Crippen LogP) is 2.95. The van der Waals surface area contributed by atoms with Gasteiger partial charge in [0.2, 0.25) is 0 Å². The molecular formula is C14H17F2N3S. The van der Waals surface area contributed by atoms with E-state index in [1.54, 1.807) is 6.07 Å². The fourth-order valence-corrected chi connectivity index (χ4v) is 2.63. The SMILES string of the molecule is CC(C)NCCc1nnc(Cc2ccc(F)c(F)c2)s1. The van der Waals surface area contributed by atoms with E-state index in [4.69, 9.17) is 0 Å². The van der Waals surface area contributed by atoms with Crippen molar-refractivity contribution in [1.82, 2.24) is 15.5 Å². The standard InChI is InChI=1S/C14H17F2N3S/c1-9(2)17-6-5-13-18-19-14(20-13)8-10-3-4-11(15)12(16)7-10/h3-4,7,9,17H,5-6,8H2,1-2H3. The minimum Gasteiger partial charge on any atom is -0.314 e. The summed E-state index contributed by atoms with van der Waals surface area (Å²) < 4.78 is 26.0. The largest absolute Gasteiger partial charge is 0.314 e. The average molecular weight is 297 g/mol. The molecule has 1 N–H and O–H groups in total. The van der Waals surface area contributed by atoms with E-state index in [0.717, 1.165) is 29.0 Å². The molecule has 0 radical (unpaired) electrons. The summed E-state index contributed by atoms with van der Waals surface area (Å²) in [5.74, 6) is -1.65. The maximum absolute atomic E-state index is 13.1. The van der Waals surface area contributed by atoms with E-state index >= 15 is 0 Å². The van der Waals surface area contributed by atoms with E-state index in [0.29, 0.717) is 18.0 Å². The molecule has 0 aliphatic rings. The fourth-order valence-electron chi connectivity index (χ4n) is 1.75. The van der Waals surface area contributed by atoms with Gasteiger partial charge in [-0.2, -0.15) is 0 Å². The summed E-state index contributed by atoms with van der Waals surface area (Å²) >= 11 is 1.51. The van der Waals surface area contributed by atoms with Crippen LogP contribution in [0.4, 0.5) is 8.78 Å². The number of aromatic nitrogens is 2. The van der Waals surface area contributed by atoms with Gasteiger partial charge in [0.1, 0.15) is 10.0 Å². The molecule has 6 heteroatoms. The summed E-state index contributed by atoms with van der Waals surface area (Å²) in [7, 11) is 0. The van der Waals surface area contributed by atoms with Gasteiger partial charge in [-0.15, -0.1) is 21.5 Å². The Kier molecular flexibility index (Phi) is 5.14. The number of benzene rings is 1. The Morgan fingerprint density at radius 1 is 1.15 bits per heavy atom. The van der Waals surface area contributed by atoms with Gasteiger partial charge in [0.25, 0.3) is 0 Å². The topological polar surface area (TPSA) is 37.8 Å². The second kappa shape index (κ2) is 6.85.